The number of halogens is 2. The molecule has 0 aliphatic carbocycles. The third kappa shape index (κ3) is 6.41. The Morgan fingerprint density at radius 1 is 1.06 bits per heavy atom. The van der Waals surface area contributed by atoms with Gasteiger partial charge in [-0.2, -0.15) is 10.2 Å². The van der Waals surface area contributed by atoms with Gasteiger partial charge < -0.3 is 5.32 Å². The Kier molecular flexibility index (Phi) is 12.1. The first-order valence-corrected chi connectivity index (χ1v) is 16.1. The number of hydrogen-bond acceptors (Lipinski definition) is 3. The van der Waals surface area contributed by atoms with E-state index in [1.165, 1.54) is 10.9 Å². The number of dihydropyridines is 1. The van der Waals surface area contributed by atoms with Crippen LogP contribution < -0.4 is 5.32 Å². The summed E-state index contributed by atoms with van der Waals surface area (Å²) < 4.78 is 3.98. The van der Waals surface area contributed by atoms with E-state index in [2.05, 4.69) is 74.8 Å². The monoisotopic (exact) mass is 609 g/mol. The van der Waals surface area contributed by atoms with Crippen molar-refractivity contribution in [2.75, 3.05) is 6.54 Å². The maximum atomic E-state index is 6.26. The van der Waals surface area contributed by atoms with Crippen molar-refractivity contribution in [2.45, 2.75) is 48.0 Å². The highest BCUT2D eigenvalue weighted by molar-refractivity contribution is 14.2. The molecule has 5 rings (SSSR count). The van der Waals surface area contributed by atoms with Gasteiger partial charge in [-0.3, -0.25) is 0 Å². The fourth-order valence-corrected chi connectivity index (χ4v) is 5.36. The van der Waals surface area contributed by atoms with Crippen LogP contribution in [0.2, 0.25) is 5.02 Å². The number of benzene rings is 2. The number of hydrogen-bond donors (Lipinski definition) is 1. The van der Waals surface area contributed by atoms with Crippen molar-refractivity contribution in [3.8, 4) is 0 Å². The molecule has 0 radical (unpaired) electrons. The van der Waals surface area contributed by atoms with E-state index in [1.807, 2.05) is 74.4 Å². The average Bonchev–Trinajstić information content (AvgIpc) is 3.49. The highest BCUT2D eigenvalue weighted by Crippen LogP contribution is 2.33. The molecule has 0 fully saturated rings. The predicted molar refractivity (Wildman–Crippen MR) is 160 cm³/mol. The van der Waals surface area contributed by atoms with Crippen molar-refractivity contribution in [1.82, 2.24) is 24.6 Å². The van der Waals surface area contributed by atoms with E-state index in [1.54, 1.807) is 0 Å². The quantitative estimate of drug-likeness (QED) is 0.187. The Bertz CT molecular complexity index is 1260. The summed E-state index contributed by atoms with van der Waals surface area (Å²) in [4.78, 5) is 0. The highest BCUT2D eigenvalue weighted by Gasteiger charge is 2.09. The number of aromatic nitrogens is 4. The summed E-state index contributed by atoms with van der Waals surface area (Å²) in [5, 5.41) is 15.1. The maximum absolute atomic E-state index is 6.26. The zero-order chi connectivity index (χ0) is 25.1. The number of nitrogens with zero attached hydrogens (tertiary/aromatic N) is 4. The molecular weight excluding hydrogens is 576 g/mol. The fourth-order valence-electron chi connectivity index (χ4n) is 3.47. The van der Waals surface area contributed by atoms with Gasteiger partial charge in [0, 0.05) is 17.3 Å². The van der Waals surface area contributed by atoms with Gasteiger partial charge in [-0.15, -0.1) is 0 Å². The van der Waals surface area contributed by atoms with Crippen LogP contribution in [0.4, 0.5) is 0 Å². The van der Waals surface area contributed by atoms with Gasteiger partial charge in [-0.05, 0) is 71.4 Å². The summed E-state index contributed by atoms with van der Waals surface area (Å²) in [6.45, 7) is 13.0. The normalized spacial score (nSPS) is 12.3. The minimum atomic E-state index is 0.619. The largest absolute Gasteiger partial charge is 0.387 e. The number of nitrogens with one attached hydrogen (secondary N) is 1. The lowest BCUT2D eigenvalue weighted by Crippen LogP contribution is -2.11. The van der Waals surface area contributed by atoms with E-state index < -0.39 is 0 Å². The third-order valence-corrected chi connectivity index (χ3v) is 7.38. The van der Waals surface area contributed by atoms with Crippen molar-refractivity contribution in [2.24, 2.45) is 0 Å². The molecule has 8 heteroatoms. The lowest BCUT2D eigenvalue weighted by Gasteiger charge is -2.09. The molecule has 0 bridgehead atoms. The molecule has 5 nitrogen and oxygen atoms in total. The summed E-state index contributed by atoms with van der Waals surface area (Å²) in [5.74, 6) is 0. The van der Waals surface area contributed by atoms with Gasteiger partial charge in [0.2, 0.25) is 0 Å². The molecular formula is C26H34ClIN5P. The molecule has 1 unspecified atom stereocenters. The Morgan fingerprint density at radius 2 is 1.79 bits per heavy atom. The lowest BCUT2D eigenvalue weighted by atomic mass is 10.1. The molecule has 0 spiro atoms. The molecule has 1 atom stereocenters. The van der Waals surface area contributed by atoms with E-state index in [9.17, 15) is 0 Å². The third-order valence-electron chi connectivity index (χ3n) is 5.05. The van der Waals surface area contributed by atoms with Crippen molar-refractivity contribution in [3.05, 3.63) is 77.2 Å². The van der Waals surface area contributed by atoms with Gasteiger partial charge in [0.15, 0.2) is 0 Å². The molecule has 3 heterocycles. The number of aryl methyl sites for hydroxylation is 2. The van der Waals surface area contributed by atoms with Crippen LogP contribution in [-0.4, -0.2) is 25.9 Å². The maximum Gasteiger partial charge on any atom is 0.0744 e. The Hall–Kier alpha value is -1.89. The van der Waals surface area contributed by atoms with Crippen molar-refractivity contribution in [1.29, 1.82) is 0 Å². The Labute approximate surface area is 223 Å². The number of fused-ring (bicyclic) bond motifs is 2. The van der Waals surface area contributed by atoms with Crippen LogP contribution in [0.1, 0.15) is 45.9 Å². The van der Waals surface area contributed by atoms with Gasteiger partial charge in [0.25, 0.3) is 0 Å². The van der Waals surface area contributed by atoms with Crippen LogP contribution >= 0.6 is 40.0 Å². The fraction of sp³-hybridized carbons (Fsp3) is 0.308. The average molecular weight is 610 g/mol. The van der Waals surface area contributed by atoms with Crippen molar-refractivity contribution in [3.63, 3.8) is 0 Å². The number of rotatable bonds is 3. The molecule has 0 saturated carbocycles. The minimum Gasteiger partial charge on any atom is -0.387 e. The molecule has 2 aromatic heterocycles. The van der Waals surface area contributed by atoms with Gasteiger partial charge in [0.1, 0.15) is 0 Å². The standard InChI is InChI=1S/C13H13N3.C9H9ClIN2P.2C2H6/c1-10-12-4-2-3-5-13(12)16(15-10)11-6-8-14-9-7-11;1-2-6-3-4-8-7(9(6)10)5-12-13(8)14-11;2*1-2/h2-8,14H,9H2,1H3;3-5,14H,2H2,1H3;2*1-2H3. The second kappa shape index (κ2) is 14.5. The van der Waals surface area contributed by atoms with Crippen LogP contribution in [0.25, 0.3) is 27.5 Å². The van der Waals surface area contributed by atoms with Crippen molar-refractivity contribution < 1.29 is 0 Å². The first kappa shape index (κ1) is 28.3. The second-order valence-corrected chi connectivity index (χ2v) is 9.27. The van der Waals surface area contributed by atoms with E-state index >= 15 is 0 Å². The molecule has 1 aliphatic rings. The molecule has 1 N–H and O–H groups in total. The number of para-hydroxylation sites is 1. The Morgan fingerprint density at radius 3 is 2.44 bits per heavy atom. The zero-order valence-electron chi connectivity index (χ0n) is 20.7. The minimum absolute atomic E-state index is 0.619. The first-order valence-electron chi connectivity index (χ1n) is 11.7. The van der Waals surface area contributed by atoms with Crippen molar-refractivity contribution >= 4 is 67.5 Å². The topological polar surface area (TPSA) is 47.7 Å². The Balaban J connectivity index is 0.000000211. The zero-order valence-corrected chi connectivity index (χ0v) is 24.6. The van der Waals surface area contributed by atoms with Crippen LogP contribution in [-0.2, 0) is 6.42 Å². The lowest BCUT2D eigenvalue weighted by molar-refractivity contribution is 0.886. The highest BCUT2D eigenvalue weighted by atomic mass is 127. The summed E-state index contributed by atoms with van der Waals surface area (Å²) in [5.41, 5.74) is 5.68. The molecule has 4 aromatic rings. The SMILES string of the molecule is CC.CC.CCc1ccc2c(cnn2PI)c1Cl.Cc1nn(C2=CCNC=C2)c2ccccc12. The van der Waals surface area contributed by atoms with Crippen LogP contribution in [0.15, 0.2) is 60.9 Å². The molecule has 0 saturated heterocycles. The molecule has 0 amide bonds. The molecule has 2 aromatic carbocycles. The smallest absolute Gasteiger partial charge is 0.0744 e. The van der Waals surface area contributed by atoms with E-state index in [0.717, 1.165) is 45.8 Å². The summed E-state index contributed by atoms with van der Waals surface area (Å²) in [6.07, 6.45) is 9.57. The van der Waals surface area contributed by atoms with Gasteiger partial charge in [0.05, 0.1) is 40.0 Å². The predicted octanol–water partition coefficient (Wildman–Crippen LogP) is 8.40. The van der Waals surface area contributed by atoms with Crippen LogP contribution in [0, 0.1) is 6.92 Å². The molecule has 182 valence electrons. The first-order chi connectivity index (χ1) is 16.6. The molecule has 34 heavy (non-hydrogen) atoms. The second-order valence-electron chi connectivity index (χ2n) is 6.85. The van der Waals surface area contributed by atoms with Gasteiger partial charge in [-0.1, -0.05) is 70.5 Å². The van der Waals surface area contributed by atoms with Crippen LogP contribution in [0.5, 0.6) is 0 Å². The van der Waals surface area contributed by atoms with E-state index in [-0.39, 0.29) is 0 Å². The summed E-state index contributed by atoms with van der Waals surface area (Å²) in [6, 6.07) is 12.5. The number of allylic oxidation sites excluding steroid dienone is 2. The van der Waals surface area contributed by atoms with Gasteiger partial charge >= 0.3 is 0 Å². The van der Waals surface area contributed by atoms with E-state index in [4.69, 9.17) is 11.6 Å². The van der Waals surface area contributed by atoms with Crippen LogP contribution in [0.3, 0.4) is 0 Å². The summed E-state index contributed by atoms with van der Waals surface area (Å²) >= 11 is 8.57. The summed E-state index contributed by atoms with van der Waals surface area (Å²) in [7, 11) is 0. The van der Waals surface area contributed by atoms with Gasteiger partial charge in [-0.25, -0.2) is 9.13 Å². The molecule has 1 aliphatic heterocycles. The van der Waals surface area contributed by atoms with E-state index in [0.29, 0.717) is 6.37 Å².